The zero-order valence-electron chi connectivity index (χ0n) is 12.7. The summed E-state index contributed by atoms with van der Waals surface area (Å²) >= 11 is 0. The Labute approximate surface area is 125 Å². The molecule has 3 heterocycles. The first-order chi connectivity index (χ1) is 10.2. The number of nitrogens with one attached hydrogen (secondary N) is 1. The summed E-state index contributed by atoms with van der Waals surface area (Å²) in [5.74, 6) is 2.75. The average molecular weight is 289 g/mol. The van der Waals surface area contributed by atoms with Crippen molar-refractivity contribution >= 4 is 0 Å². The van der Waals surface area contributed by atoms with E-state index < -0.39 is 0 Å². The van der Waals surface area contributed by atoms with Crippen molar-refractivity contribution in [2.24, 2.45) is 5.92 Å². The first-order valence-electron chi connectivity index (χ1n) is 7.57. The third kappa shape index (κ3) is 3.51. The van der Waals surface area contributed by atoms with Gasteiger partial charge in [-0.15, -0.1) is 10.2 Å². The monoisotopic (exact) mass is 289 g/mol. The lowest BCUT2D eigenvalue weighted by Crippen LogP contribution is -2.33. The van der Waals surface area contributed by atoms with Gasteiger partial charge < -0.3 is 14.3 Å². The smallest absolute Gasteiger partial charge is 0.147 e. The van der Waals surface area contributed by atoms with Crippen molar-refractivity contribution in [2.45, 2.75) is 40.0 Å². The van der Waals surface area contributed by atoms with Crippen LogP contribution < -0.4 is 5.32 Å². The van der Waals surface area contributed by atoms with Gasteiger partial charge in [-0.1, -0.05) is 13.8 Å². The van der Waals surface area contributed by atoms with E-state index in [-0.39, 0.29) is 0 Å². The van der Waals surface area contributed by atoms with Crippen molar-refractivity contribution in [1.82, 2.24) is 25.0 Å². The van der Waals surface area contributed by atoms with Crippen molar-refractivity contribution in [1.29, 1.82) is 0 Å². The molecule has 0 atom stereocenters. The summed E-state index contributed by atoms with van der Waals surface area (Å²) < 4.78 is 7.78. The van der Waals surface area contributed by atoms with Crippen LogP contribution in [0.5, 0.6) is 0 Å². The Morgan fingerprint density at radius 2 is 2.29 bits per heavy atom. The minimum atomic E-state index is 0.661. The topological polar surface area (TPSA) is 59.1 Å². The number of nitrogens with zero attached hydrogens (tertiary/aromatic N) is 4. The molecule has 114 valence electrons. The quantitative estimate of drug-likeness (QED) is 0.876. The molecule has 2 aromatic rings. The third-order valence-corrected chi connectivity index (χ3v) is 3.79. The molecule has 0 amide bonds. The Morgan fingerprint density at radius 1 is 1.38 bits per heavy atom. The minimum Gasteiger partial charge on any atom is -0.468 e. The highest BCUT2D eigenvalue weighted by Gasteiger charge is 2.19. The van der Waals surface area contributed by atoms with Crippen LogP contribution in [-0.4, -0.2) is 32.8 Å². The normalized spacial score (nSPS) is 15.6. The van der Waals surface area contributed by atoms with Crippen molar-refractivity contribution in [3.05, 3.63) is 35.8 Å². The number of fused-ring (bicyclic) bond motifs is 1. The molecule has 1 aliphatic rings. The highest BCUT2D eigenvalue weighted by Crippen LogP contribution is 2.17. The van der Waals surface area contributed by atoms with Gasteiger partial charge in [0.25, 0.3) is 0 Å². The first-order valence-corrected chi connectivity index (χ1v) is 7.57. The molecule has 1 aliphatic heterocycles. The van der Waals surface area contributed by atoms with Crippen LogP contribution >= 0.6 is 0 Å². The third-order valence-electron chi connectivity index (χ3n) is 3.79. The van der Waals surface area contributed by atoms with Gasteiger partial charge in [0.05, 0.1) is 19.4 Å². The molecule has 1 N–H and O–H groups in total. The summed E-state index contributed by atoms with van der Waals surface area (Å²) in [4.78, 5) is 2.36. The van der Waals surface area contributed by atoms with Crippen LogP contribution in [0.25, 0.3) is 0 Å². The van der Waals surface area contributed by atoms with Crippen molar-refractivity contribution in [3.8, 4) is 0 Å². The molecular formula is C15H23N5O. The van der Waals surface area contributed by atoms with E-state index in [0.717, 1.165) is 50.9 Å². The predicted octanol–water partition coefficient (Wildman–Crippen LogP) is 1.63. The second-order valence-corrected chi connectivity index (χ2v) is 6.04. The molecule has 0 aliphatic carbocycles. The maximum absolute atomic E-state index is 5.67. The highest BCUT2D eigenvalue weighted by atomic mass is 16.3. The van der Waals surface area contributed by atoms with Crippen LogP contribution in [0.4, 0.5) is 0 Å². The van der Waals surface area contributed by atoms with Crippen LogP contribution in [0.1, 0.15) is 31.0 Å². The molecule has 0 fully saturated rings. The Bertz CT molecular complexity index is 574. The van der Waals surface area contributed by atoms with Crippen molar-refractivity contribution < 1.29 is 4.42 Å². The molecule has 0 radical (unpaired) electrons. The second-order valence-electron chi connectivity index (χ2n) is 6.04. The lowest BCUT2D eigenvalue weighted by atomic mass is 10.2. The summed E-state index contributed by atoms with van der Waals surface area (Å²) in [5.41, 5.74) is 1.25. The number of rotatable bonds is 6. The van der Waals surface area contributed by atoms with Crippen LogP contribution in [0.3, 0.4) is 0 Å². The lowest BCUT2D eigenvalue weighted by molar-refractivity contribution is 0.193. The summed E-state index contributed by atoms with van der Waals surface area (Å²) in [7, 11) is 0. The minimum absolute atomic E-state index is 0.661. The fourth-order valence-electron chi connectivity index (χ4n) is 2.61. The Balaban J connectivity index is 1.57. The lowest BCUT2D eigenvalue weighted by Gasteiger charge is -2.26. The Kier molecular flexibility index (Phi) is 4.36. The maximum atomic E-state index is 5.67. The van der Waals surface area contributed by atoms with Crippen LogP contribution in [0.15, 0.2) is 23.1 Å². The molecule has 0 aromatic carbocycles. The van der Waals surface area contributed by atoms with E-state index in [4.69, 9.17) is 4.42 Å². The van der Waals surface area contributed by atoms with Crippen LogP contribution in [0, 0.1) is 5.92 Å². The second kappa shape index (κ2) is 6.41. The van der Waals surface area contributed by atoms with Gasteiger partial charge in [-0.3, -0.25) is 4.90 Å². The predicted molar refractivity (Wildman–Crippen MR) is 79.4 cm³/mol. The first kappa shape index (κ1) is 14.3. The standard InChI is InChI=1S/C15H23N5O/c1-12(2)7-16-8-13-3-6-21-14(13)9-19-4-5-20-11-17-18-15(20)10-19/h3,6,11-12,16H,4-5,7-10H2,1-2H3. The van der Waals surface area contributed by atoms with E-state index in [1.54, 1.807) is 12.6 Å². The van der Waals surface area contributed by atoms with Gasteiger partial charge in [-0.2, -0.15) is 0 Å². The molecule has 0 unspecified atom stereocenters. The number of aromatic nitrogens is 3. The highest BCUT2D eigenvalue weighted by molar-refractivity contribution is 5.17. The molecule has 2 aromatic heterocycles. The summed E-state index contributed by atoms with van der Waals surface area (Å²) in [6.07, 6.45) is 3.59. The molecule has 0 saturated heterocycles. The van der Waals surface area contributed by atoms with Crippen molar-refractivity contribution in [2.75, 3.05) is 13.1 Å². The molecule has 0 spiro atoms. The molecule has 3 rings (SSSR count). The van der Waals surface area contributed by atoms with E-state index in [9.17, 15) is 0 Å². The largest absolute Gasteiger partial charge is 0.468 e. The molecule has 0 saturated carbocycles. The van der Waals surface area contributed by atoms with Gasteiger partial charge in [0, 0.05) is 25.2 Å². The van der Waals surface area contributed by atoms with E-state index >= 15 is 0 Å². The summed E-state index contributed by atoms with van der Waals surface area (Å²) in [6.45, 7) is 9.94. The molecule has 6 heteroatoms. The zero-order chi connectivity index (χ0) is 14.7. The number of furan rings is 1. The van der Waals surface area contributed by atoms with Gasteiger partial charge in [0.15, 0.2) is 0 Å². The average Bonchev–Trinajstić information content (AvgIpc) is 3.07. The Morgan fingerprint density at radius 3 is 3.14 bits per heavy atom. The Hall–Kier alpha value is -1.66. The summed E-state index contributed by atoms with van der Waals surface area (Å²) in [6, 6.07) is 2.06. The van der Waals surface area contributed by atoms with Crippen molar-refractivity contribution in [3.63, 3.8) is 0 Å². The maximum Gasteiger partial charge on any atom is 0.147 e. The van der Waals surface area contributed by atoms with Gasteiger partial charge in [0.2, 0.25) is 0 Å². The molecule has 0 bridgehead atoms. The SMILES string of the molecule is CC(C)CNCc1ccoc1CN1CCn2cnnc2C1. The molecule has 21 heavy (non-hydrogen) atoms. The van der Waals surface area contributed by atoms with Gasteiger partial charge >= 0.3 is 0 Å². The summed E-state index contributed by atoms with van der Waals surface area (Å²) in [5, 5.41) is 11.6. The van der Waals surface area contributed by atoms with Crippen LogP contribution in [0.2, 0.25) is 0 Å². The van der Waals surface area contributed by atoms with E-state index in [1.165, 1.54) is 5.56 Å². The molecule has 6 nitrogen and oxygen atoms in total. The zero-order valence-corrected chi connectivity index (χ0v) is 12.7. The molecular weight excluding hydrogens is 266 g/mol. The van der Waals surface area contributed by atoms with Crippen LogP contribution in [-0.2, 0) is 26.2 Å². The van der Waals surface area contributed by atoms with E-state index in [2.05, 4.69) is 44.9 Å². The van der Waals surface area contributed by atoms with E-state index in [0.29, 0.717) is 5.92 Å². The van der Waals surface area contributed by atoms with E-state index in [1.807, 2.05) is 0 Å². The number of hydrogen-bond donors (Lipinski definition) is 1. The number of hydrogen-bond acceptors (Lipinski definition) is 5. The fourth-order valence-corrected chi connectivity index (χ4v) is 2.61. The van der Waals surface area contributed by atoms with Gasteiger partial charge in [0.1, 0.15) is 17.9 Å². The van der Waals surface area contributed by atoms with Gasteiger partial charge in [-0.05, 0) is 18.5 Å². The fraction of sp³-hybridized carbons (Fsp3) is 0.600. The van der Waals surface area contributed by atoms with Gasteiger partial charge in [-0.25, -0.2) is 0 Å².